The topological polar surface area (TPSA) is 93.7 Å². The molecule has 1 atom stereocenters. The average molecular weight is 415 g/mol. The molecule has 0 radical (unpaired) electrons. The van der Waals surface area contributed by atoms with Gasteiger partial charge < -0.3 is 20.1 Å². The second kappa shape index (κ2) is 9.25. The molecule has 8 heteroatoms. The fourth-order valence-corrected chi connectivity index (χ4v) is 2.81. The summed E-state index contributed by atoms with van der Waals surface area (Å²) in [7, 11) is 0. The molecule has 0 aliphatic carbocycles. The second-order valence-corrected chi connectivity index (χ2v) is 6.76. The fraction of sp³-hybridized carbons (Fsp3) is 0.190. The monoisotopic (exact) mass is 414 g/mol. The highest BCUT2D eigenvalue weighted by molar-refractivity contribution is 6.30. The first-order valence-corrected chi connectivity index (χ1v) is 9.26. The molecule has 2 aromatic carbocycles. The summed E-state index contributed by atoms with van der Waals surface area (Å²) in [5.41, 5.74) is 1.26. The highest BCUT2D eigenvalue weighted by Gasteiger charge is 2.33. The molecule has 0 unspecified atom stereocenters. The van der Waals surface area contributed by atoms with Crippen LogP contribution in [0.25, 0.3) is 0 Å². The summed E-state index contributed by atoms with van der Waals surface area (Å²) in [5.74, 6) is -1.91. The molecule has 1 heterocycles. The number of rotatable bonds is 7. The Kier molecular flexibility index (Phi) is 6.51. The molecule has 2 aromatic rings. The molecule has 7 nitrogen and oxygen atoms in total. The lowest BCUT2D eigenvalue weighted by molar-refractivity contribution is -0.145. The highest BCUT2D eigenvalue weighted by atomic mass is 35.5. The third-order valence-electron chi connectivity index (χ3n) is 4.17. The minimum atomic E-state index is -0.916. The van der Waals surface area contributed by atoms with Crippen LogP contribution in [0.1, 0.15) is 18.5 Å². The van der Waals surface area contributed by atoms with E-state index >= 15 is 0 Å². The van der Waals surface area contributed by atoms with Gasteiger partial charge in [-0.2, -0.15) is 0 Å². The van der Waals surface area contributed by atoms with Crippen molar-refractivity contribution >= 4 is 34.9 Å². The smallest absolute Gasteiger partial charge is 0.347 e. The summed E-state index contributed by atoms with van der Waals surface area (Å²) in [6.45, 7) is 1.01. The quantitative estimate of drug-likeness (QED) is 0.534. The molecule has 1 amide bonds. The number of Topliss-reactive ketones (excluding diaryl/α,β-unsaturated/α-hetero) is 1. The normalized spacial score (nSPS) is 14.2. The molecule has 1 aliphatic heterocycles. The minimum Gasteiger partial charge on any atom is -0.470 e. The number of ketones is 1. The van der Waals surface area contributed by atoms with E-state index in [1.807, 2.05) is 6.07 Å². The Balaban J connectivity index is 1.58. The first-order valence-electron chi connectivity index (χ1n) is 8.88. The number of carbonyl (C=O) groups is 3. The van der Waals surface area contributed by atoms with E-state index in [1.54, 1.807) is 55.5 Å². The fourth-order valence-electron chi connectivity index (χ4n) is 2.69. The molecule has 0 saturated heterocycles. The van der Waals surface area contributed by atoms with Gasteiger partial charge in [0.2, 0.25) is 11.7 Å². The Morgan fingerprint density at radius 1 is 1.14 bits per heavy atom. The van der Waals surface area contributed by atoms with Crippen LogP contribution in [0.4, 0.5) is 5.69 Å². The molecule has 0 fully saturated rings. The van der Waals surface area contributed by atoms with Gasteiger partial charge in [-0.3, -0.25) is 9.59 Å². The summed E-state index contributed by atoms with van der Waals surface area (Å²) in [4.78, 5) is 36.5. The Labute approximate surface area is 172 Å². The van der Waals surface area contributed by atoms with Crippen LogP contribution in [-0.2, 0) is 23.9 Å². The van der Waals surface area contributed by atoms with E-state index in [1.165, 1.54) is 0 Å². The number of amides is 1. The Bertz CT molecular complexity index is 941. The van der Waals surface area contributed by atoms with E-state index < -0.39 is 24.3 Å². The summed E-state index contributed by atoms with van der Waals surface area (Å²) >= 11 is 5.85. The number of carbonyl (C=O) groups excluding carboxylic acids is 3. The molecular weight excluding hydrogens is 396 g/mol. The van der Waals surface area contributed by atoms with Crippen LogP contribution in [0, 0.1) is 0 Å². The number of nitrogens with one attached hydrogen (secondary N) is 2. The average Bonchev–Trinajstić information content (AvgIpc) is 3.07. The van der Waals surface area contributed by atoms with E-state index in [0.717, 1.165) is 5.56 Å². The van der Waals surface area contributed by atoms with Crippen molar-refractivity contribution in [3.05, 3.63) is 76.6 Å². The maximum atomic E-state index is 12.3. The van der Waals surface area contributed by atoms with Crippen molar-refractivity contribution in [3.63, 3.8) is 0 Å². The number of para-hydroxylation sites is 1. The predicted octanol–water partition coefficient (Wildman–Crippen LogP) is 2.98. The third-order valence-corrected chi connectivity index (χ3v) is 4.42. The maximum Gasteiger partial charge on any atom is 0.347 e. The number of ether oxygens (including phenoxy) is 2. The standard InChI is InChI=1S/C21H19ClN2O5/c1-13(14-7-9-15(22)10-8-14)23-18(26)12-29-21(27)19-17(25)11-28-20(19)24-16-5-3-2-4-6-16/h2-10,13,24H,11-12H2,1H3,(H,23,26)/t13-/m0/s1. The number of benzene rings is 2. The van der Waals surface area contributed by atoms with Gasteiger partial charge >= 0.3 is 5.97 Å². The third kappa shape index (κ3) is 5.36. The molecule has 0 bridgehead atoms. The number of anilines is 1. The van der Waals surface area contributed by atoms with Gasteiger partial charge in [0.05, 0.1) is 6.04 Å². The van der Waals surface area contributed by atoms with Gasteiger partial charge in [0, 0.05) is 10.7 Å². The number of esters is 1. The first kappa shape index (κ1) is 20.4. The largest absolute Gasteiger partial charge is 0.470 e. The van der Waals surface area contributed by atoms with Crippen molar-refractivity contribution < 1.29 is 23.9 Å². The summed E-state index contributed by atoms with van der Waals surface area (Å²) in [6, 6.07) is 15.7. The van der Waals surface area contributed by atoms with Crippen LogP contribution in [0.5, 0.6) is 0 Å². The van der Waals surface area contributed by atoms with Gasteiger partial charge in [-0.1, -0.05) is 41.9 Å². The molecular formula is C21H19ClN2O5. The van der Waals surface area contributed by atoms with Crippen molar-refractivity contribution in [1.29, 1.82) is 0 Å². The maximum absolute atomic E-state index is 12.3. The molecule has 3 rings (SSSR count). The Morgan fingerprint density at radius 3 is 2.52 bits per heavy atom. The first-order chi connectivity index (χ1) is 13.9. The SMILES string of the molecule is C[C@H](NC(=O)COC(=O)C1=C(Nc2ccccc2)OCC1=O)c1ccc(Cl)cc1. The van der Waals surface area contributed by atoms with E-state index in [4.69, 9.17) is 21.1 Å². The van der Waals surface area contributed by atoms with Crippen molar-refractivity contribution in [2.75, 3.05) is 18.5 Å². The Hall–Kier alpha value is -3.32. The van der Waals surface area contributed by atoms with E-state index in [9.17, 15) is 14.4 Å². The molecule has 29 heavy (non-hydrogen) atoms. The summed E-state index contributed by atoms with van der Waals surface area (Å²) in [5, 5.41) is 6.18. The zero-order valence-electron chi connectivity index (χ0n) is 15.6. The lowest BCUT2D eigenvalue weighted by Crippen LogP contribution is -2.31. The Morgan fingerprint density at radius 2 is 1.83 bits per heavy atom. The molecule has 1 aliphatic rings. The van der Waals surface area contributed by atoms with Gasteiger partial charge in [-0.25, -0.2) is 4.79 Å². The molecule has 0 aromatic heterocycles. The lowest BCUT2D eigenvalue weighted by atomic mass is 10.1. The van der Waals surface area contributed by atoms with Crippen LogP contribution in [-0.4, -0.2) is 30.9 Å². The van der Waals surface area contributed by atoms with Gasteiger partial charge in [-0.15, -0.1) is 0 Å². The van der Waals surface area contributed by atoms with E-state index in [0.29, 0.717) is 10.7 Å². The lowest BCUT2D eigenvalue weighted by Gasteiger charge is -2.14. The summed E-state index contributed by atoms with van der Waals surface area (Å²) < 4.78 is 10.3. The number of hydrogen-bond acceptors (Lipinski definition) is 6. The van der Waals surface area contributed by atoms with Gasteiger partial charge in [0.1, 0.15) is 0 Å². The molecule has 0 spiro atoms. The summed E-state index contributed by atoms with van der Waals surface area (Å²) in [6.07, 6.45) is 0. The van der Waals surface area contributed by atoms with Gasteiger partial charge in [0.25, 0.3) is 5.91 Å². The highest BCUT2D eigenvalue weighted by Crippen LogP contribution is 2.20. The van der Waals surface area contributed by atoms with E-state index in [2.05, 4.69) is 10.6 Å². The zero-order chi connectivity index (χ0) is 20.8. The molecule has 150 valence electrons. The zero-order valence-corrected chi connectivity index (χ0v) is 16.4. The number of halogens is 1. The van der Waals surface area contributed by atoms with Crippen molar-refractivity contribution in [1.82, 2.24) is 5.32 Å². The van der Waals surface area contributed by atoms with Crippen LogP contribution >= 0.6 is 11.6 Å². The second-order valence-electron chi connectivity index (χ2n) is 6.32. The van der Waals surface area contributed by atoms with Crippen molar-refractivity contribution in [3.8, 4) is 0 Å². The van der Waals surface area contributed by atoms with Crippen LogP contribution in [0.3, 0.4) is 0 Å². The van der Waals surface area contributed by atoms with Gasteiger partial charge in [0.15, 0.2) is 18.8 Å². The molecule has 2 N–H and O–H groups in total. The predicted molar refractivity (Wildman–Crippen MR) is 107 cm³/mol. The number of hydrogen-bond donors (Lipinski definition) is 2. The van der Waals surface area contributed by atoms with Gasteiger partial charge in [-0.05, 0) is 36.8 Å². The van der Waals surface area contributed by atoms with Crippen LogP contribution in [0.2, 0.25) is 5.02 Å². The van der Waals surface area contributed by atoms with Crippen molar-refractivity contribution in [2.24, 2.45) is 0 Å². The molecule has 0 saturated carbocycles. The van der Waals surface area contributed by atoms with Crippen LogP contribution < -0.4 is 10.6 Å². The van der Waals surface area contributed by atoms with E-state index in [-0.39, 0.29) is 24.1 Å². The van der Waals surface area contributed by atoms with Crippen molar-refractivity contribution in [2.45, 2.75) is 13.0 Å². The van der Waals surface area contributed by atoms with Crippen LogP contribution in [0.15, 0.2) is 66.1 Å². The minimum absolute atomic E-state index is 0.0149.